The molecule has 0 saturated carbocycles. The summed E-state index contributed by atoms with van der Waals surface area (Å²) in [7, 11) is 0. The van der Waals surface area contributed by atoms with Crippen LogP contribution in [-0.4, -0.2) is 36.5 Å². The van der Waals surface area contributed by atoms with Gasteiger partial charge in [0.2, 0.25) is 5.91 Å². The van der Waals surface area contributed by atoms with Gasteiger partial charge >= 0.3 is 12.3 Å². The maximum Gasteiger partial charge on any atom is 0.416 e. The summed E-state index contributed by atoms with van der Waals surface area (Å²) < 4.78 is 45.4. The van der Waals surface area contributed by atoms with Crippen LogP contribution in [0.2, 0.25) is 0 Å². The van der Waals surface area contributed by atoms with Crippen molar-refractivity contribution in [3.63, 3.8) is 0 Å². The summed E-state index contributed by atoms with van der Waals surface area (Å²) >= 11 is 0. The summed E-state index contributed by atoms with van der Waals surface area (Å²) in [6, 6.07) is 24.0. The van der Waals surface area contributed by atoms with Gasteiger partial charge in [0.1, 0.15) is 6.61 Å². The highest BCUT2D eigenvalue weighted by Crippen LogP contribution is 2.40. The highest BCUT2D eigenvalue weighted by atomic mass is 19.4. The van der Waals surface area contributed by atoms with Gasteiger partial charge in [-0.25, -0.2) is 4.79 Å². The minimum atomic E-state index is -4.49. The summed E-state index contributed by atoms with van der Waals surface area (Å²) in [6.07, 6.45) is -3.72. The molecule has 0 radical (unpaired) electrons. The van der Waals surface area contributed by atoms with E-state index in [2.05, 4.69) is 0 Å². The third kappa shape index (κ3) is 6.36. The molecule has 0 unspecified atom stereocenters. The second kappa shape index (κ2) is 11.7. The Balaban J connectivity index is 1.49. The second-order valence-corrected chi connectivity index (χ2v) is 9.54. The molecule has 1 fully saturated rings. The van der Waals surface area contributed by atoms with Crippen molar-refractivity contribution in [3.05, 3.63) is 102 Å². The molecule has 4 rings (SSSR count). The molecular formula is C30H31F3N2O3. The topological polar surface area (TPSA) is 49.9 Å². The minimum absolute atomic E-state index is 0.119. The lowest BCUT2D eigenvalue weighted by Crippen LogP contribution is -2.48. The quantitative estimate of drug-likeness (QED) is 0.341. The van der Waals surface area contributed by atoms with E-state index in [0.717, 1.165) is 23.3 Å². The van der Waals surface area contributed by atoms with E-state index in [4.69, 9.17) is 4.74 Å². The predicted octanol–water partition coefficient (Wildman–Crippen LogP) is 6.82. The van der Waals surface area contributed by atoms with Gasteiger partial charge in [0, 0.05) is 37.2 Å². The van der Waals surface area contributed by atoms with Crippen molar-refractivity contribution in [2.24, 2.45) is 0 Å². The summed E-state index contributed by atoms with van der Waals surface area (Å²) in [5.41, 5.74) is 0.754. The van der Waals surface area contributed by atoms with Crippen LogP contribution in [0.25, 0.3) is 0 Å². The molecule has 200 valence electrons. The minimum Gasteiger partial charge on any atom is -0.445 e. The zero-order chi connectivity index (χ0) is 27.2. The molecule has 38 heavy (non-hydrogen) atoms. The Bertz CT molecular complexity index is 1220. The highest BCUT2D eigenvalue weighted by molar-refractivity contribution is 5.94. The van der Waals surface area contributed by atoms with Gasteiger partial charge in [-0.3, -0.25) is 4.79 Å². The number of carbonyl (C=O) groups excluding carboxylic acids is 2. The number of anilines is 1. The number of ether oxygens (including phenoxy) is 1. The molecule has 2 amide bonds. The van der Waals surface area contributed by atoms with Crippen LogP contribution in [-0.2, 0) is 27.7 Å². The van der Waals surface area contributed by atoms with Gasteiger partial charge in [0.05, 0.1) is 5.56 Å². The van der Waals surface area contributed by atoms with Crippen LogP contribution in [0.4, 0.5) is 23.7 Å². The van der Waals surface area contributed by atoms with Crippen LogP contribution in [0.1, 0.15) is 42.9 Å². The molecule has 0 atom stereocenters. The smallest absolute Gasteiger partial charge is 0.416 e. The van der Waals surface area contributed by atoms with Gasteiger partial charge in [-0.05, 0) is 49.1 Å². The number of rotatable bonds is 7. The van der Waals surface area contributed by atoms with Crippen LogP contribution >= 0.6 is 0 Å². The molecule has 0 aromatic heterocycles. The summed E-state index contributed by atoms with van der Waals surface area (Å²) in [5, 5.41) is 0. The molecule has 3 aromatic carbocycles. The zero-order valence-corrected chi connectivity index (χ0v) is 21.3. The van der Waals surface area contributed by atoms with Crippen molar-refractivity contribution in [1.29, 1.82) is 0 Å². The zero-order valence-electron chi connectivity index (χ0n) is 21.3. The molecule has 0 N–H and O–H groups in total. The van der Waals surface area contributed by atoms with Gasteiger partial charge in [0.15, 0.2) is 0 Å². The van der Waals surface area contributed by atoms with Crippen LogP contribution in [0, 0.1) is 0 Å². The molecule has 1 heterocycles. The van der Waals surface area contributed by atoms with E-state index >= 15 is 0 Å². The Labute approximate surface area is 220 Å². The molecule has 5 nitrogen and oxygen atoms in total. The van der Waals surface area contributed by atoms with Crippen molar-refractivity contribution in [2.45, 2.75) is 44.4 Å². The molecular weight excluding hydrogens is 493 g/mol. The third-order valence-electron chi connectivity index (χ3n) is 7.16. The average Bonchev–Trinajstić information content (AvgIpc) is 2.93. The Morgan fingerprint density at radius 1 is 0.921 bits per heavy atom. The number of hydrogen-bond donors (Lipinski definition) is 0. The molecule has 0 spiro atoms. The fourth-order valence-corrected chi connectivity index (χ4v) is 5.03. The first-order chi connectivity index (χ1) is 18.2. The maximum absolute atomic E-state index is 13.6. The Morgan fingerprint density at radius 2 is 1.55 bits per heavy atom. The SMILES string of the molecule is CCN(C(=O)CC1(c2ccccc2)CCN(C(=O)OCc2ccccc2)CC1)c1cccc(C(F)(F)F)c1. The van der Waals surface area contributed by atoms with Gasteiger partial charge in [-0.1, -0.05) is 66.7 Å². The van der Waals surface area contributed by atoms with Crippen molar-refractivity contribution in [1.82, 2.24) is 4.90 Å². The molecule has 0 bridgehead atoms. The van der Waals surface area contributed by atoms with E-state index in [-0.39, 0.29) is 31.2 Å². The van der Waals surface area contributed by atoms with Crippen LogP contribution in [0.15, 0.2) is 84.9 Å². The monoisotopic (exact) mass is 524 g/mol. The van der Waals surface area contributed by atoms with Gasteiger partial charge < -0.3 is 14.5 Å². The fourth-order valence-electron chi connectivity index (χ4n) is 5.03. The van der Waals surface area contributed by atoms with E-state index in [1.165, 1.54) is 17.0 Å². The van der Waals surface area contributed by atoms with Crippen molar-refractivity contribution < 1.29 is 27.5 Å². The number of halogens is 3. The van der Waals surface area contributed by atoms with E-state index in [9.17, 15) is 22.8 Å². The number of hydrogen-bond acceptors (Lipinski definition) is 3. The molecule has 1 saturated heterocycles. The lowest BCUT2D eigenvalue weighted by molar-refractivity contribution is -0.137. The van der Waals surface area contributed by atoms with Gasteiger partial charge in [0.25, 0.3) is 0 Å². The third-order valence-corrected chi connectivity index (χ3v) is 7.16. The Morgan fingerprint density at radius 3 is 2.16 bits per heavy atom. The normalized spacial score (nSPS) is 15.1. The number of piperidine rings is 1. The lowest BCUT2D eigenvalue weighted by Gasteiger charge is -2.42. The number of carbonyl (C=O) groups is 2. The van der Waals surface area contributed by atoms with Gasteiger partial charge in [-0.2, -0.15) is 13.2 Å². The van der Waals surface area contributed by atoms with Crippen molar-refractivity contribution in [3.8, 4) is 0 Å². The first-order valence-corrected chi connectivity index (χ1v) is 12.7. The van der Waals surface area contributed by atoms with Crippen molar-refractivity contribution in [2.75, 3.05) is 24.5 Å². The molecule has 1 aliphatic heterocycles. The second-order valence-electron chi connectivity index (χ2n) is 9.54. The van der Waals surface area contributed by atoms with E-state index in [0.29, 0.717) is 25.9 Å². The number of alkyl halides is 3. The number of likely N-dealkylation sites (tertiary alicyclic amines) is 1. The standard InChI is InChI=1S/C30H31F3N2O3/c1-2-35(26-15-9-14-25(20-26)30(31,32)33)27(36)21-29(24-12-7-4-8-13-24)16-18-34(19-17-29)28(37)38-22-23-10-5-3-6-11-23/h3-15,20H,2,16-19,21-22H2,1H3. The fraction of sp³-hybridized carbons (Fsp3) is 0.333. The van der Waals surface area contributed by atoms with E-state index in [1.54, 1.807) is 11.8 Å². The highest BCUT2D eigenvalue weighted by Gasteiger charge is 2.41. The number of amides is 2. The Kier molecular flexibility index (Phi) is 8.39. The number of benzene rings is 3. The maximum atomic E-state index is 13.6. The summed E-state index contributed by atoms with van der Waals surface area (Å²) in [4.78, 5) is 29.4. The first-order valence-electron chi connectivity index (χ1n) is 12.7. The Hall–Kier alpha value is -3.81. The summed E-state index contributed by atoms with van der Waals surface area (Å²) in [5.74, 6) is -0.254. The molecule has 0 aliphatic carbocycles. The molecule has 1 aliphatic rings. The lowest BCUT2D eigenvalue weighted by atomic mass is 9.70. The predicted molar refractivity (Wildman–Crippen MR) is 140 cm³/mol. The van der Waals surface area contributed by atoms with Crippen LogP contribution < -0.4 is 4.90 Å². The first kappa shape index (κ1) is 27.2. The number of nitrogens with zero attached hydrogens (tertiary/aromatic N) is 2. The molecule has 8 heteroatoms. The summed E-state index contributed by atoms with van der Waals surface area (Å²) in [6.45, 7) is 2.99. The van der Waals surface area contributed by atoms with E-state index < -0.39 is 23.2 Å². The van der Waals surface area contributed by atoms with E-state index in [1.807, 2.05) is 60.7 Å². The van der Waals surface area contributed by atoms with Crippen molar-refractivity contribution >= 4 is 17.7 Å². The largest absolute Gasteiger partial charge is 0.445 e. The van der Waals surface area contributed by atoms with Gasteiger partial charge in [-0.15, -0.1) is 0 Å². The molecule has 3 aromatic rings. The van der Waals surface area contributed by atoms with Crippen LogP contribution in [0.3, 0.4) is 0 Å². The van der Waals surface area contributed by atoms with Crippen LogP contribution in [0.5, 0.6) is 0 Å². The average molecular weight is 525 g/mol.